The van der Waals surface area contributed by atoms with E-state index in [9.17, 15) is 18.8 Å². The fourth-order valence-corrected chi connectivity index (χ4v) is 3.33. The summed E-state index contributed by atoms with van der Waals surface area (Å²) >= 11 is 0. The van der Waals surface area contributed by atoms with Crippen LogP contribution in [0, 0.1) is 5.82 Å². The molecular formula is C22H23FN2O4. The summed E-state index contributed by atoms with van der Waals surface area (Å²) in [6, 6.07) is 13.1. The lowest BCUT2D eigenvalue weighted by atomic mass is 10.1. The lowest BCUT2D eigenvalue weighted by molar-refractivity contribution is -0.130. The lowest BCUT2D eigenvalue weighted by Gasteiger charge is -2.22. The van der Waals surface area contributed by atoms with E-state index in [0.29, 0.717) is 37.3 Å². The van der Waals surface area contributed by atoms with Crippen molar-refractivity contribution in [3.8, 4) is 0 Å². The van der Waals surface area contributed by atoms with E-state index >= 15 is 0 Å². The molecule has 1 aliphatic heterocycles. The molecule has 1 aliphatic rings. The Morgan fingerprint density at radius 3 is 2.62 bits per heavy atom. The van der Waals surface area contributed by atoms with Crippen LogP contribution in [0.4, 0.5) is 4.39 Å². The van der Waals surface area contributed by atoms with E-state index in [1.54, 1.807) is 46.2 Å². The van der Waals surface area contributed by atoms with Crippen LogP contribution in [0.1, 0.15) is 27.9 Å². The summed E-state index contributed by atoms with van der Waals surface area (Å²) in [5, 5.41) is 0. The van der Waals surface area contributed by atoms with Gasteiger partial charge in [0.25, 0.3) is 0 Å². The topological polar surface area (TPSA) is 66.9 Å². The molecule has 0 N–H and O–H groups in total. The van der Waals surface area contributed by atoms with Crippen LogP contribution in [0.2, 0.25) is 0 Å². The SMILES string of the molecule is COC(=O)c1cccc(CN2CCN(C(=O)Cc3ccccc3F)CCC2=O)c1. The van der Waals surface area contributed by atoms with Crippen molar-refractivity contribution in [3.05, 3.63) is 71.0 Å². The second-order valence-electron chi connectivity index (χ2n) is 6.91. The van der Waals surface area contributed by atoms with Gasteiger partial charge < -0.3 is 14.5 Å². The molecule has 0 saturated carbocycles. The largest absolute Gasteiger partial charge is 0.465 e. The van der Waals surface area contributed by atoms with Gasteiger partial charge in [-0.1, -0.05) is 30.3 Å². The van der Waals surface area contributed by atoms with Gasteiger partial charge in [-0.05, 0) is 29.3 Å². The zero-order valence-electron chi connectivity index (χ0n) is 16.3. The van der Waals surface area contributed by atoms with Gasteiger partial charge in [0.2, 0.25) is 11.8 Å². The summed E-state index contributed by atoms with van der Waals surface area (Å²) in [4.78, 5) is 40.1. The number of amides is 2. The van der Waals surface area contributed by atoms with Gasteiger partial charge in [0.15, 0.2) is 0 Å². The monoisotopic (exact) mass is 398 g/mol. The number of carbonyl (C=O) groups is 3. The number of hydrogen-bond donors (Lipinski definition) is 0. The Morgan fingerprint density at radius 2 is 1.86 bits per heavy atom. The highest BCUT2D eigenvalue weighted by Crippen LogP contribution is 2.14. The number of halogens is 1. The minimum absolute atomic E-state index is 0.0258. The third-order valence-electron chi connectivity index (χ3n) is 4.96. The molecule has 0 bridgehead atoms. The average molecular weight is 398 g/mol. The van der Waals surface area contributed by atoms with Crippen molar-refractivity contribution in [1.82, 2.24) is 9.80 Å². The number of carbonyl (C=O) groups excluding carboxylic acids is 3. The molecule has 152 valence electrons. The molecule has 2 aromatic carbocycles. The first-order valence-electron chi connectivity index (χ1n) is 9.44. The Morgan fingerprint density at radius 1 is 1.07 bits per heavy atom. The molecule has 0 atom stereocenters. The van der Waals surface area contributed by atoms with Crippen molar-refractivity contribution in [2.45, 2.75) is 19.4 Å². The van der Waals surface area contributed by atoms with Gasteiger partial charge in [-0.2, -0.15) is 0 Å². The second kappa shape index (κ2) is 9.32. The third-order valence-corrected chi connectivity index (χ3v) is 4.96. The number of benzene rings is 2. The van der Waals surface area contributed by atoms with Crippen LogP contribution >= 0.6 is 0 Å². The number of nitrogens with zero attached hydrogens (tertiary/aromatic N) is 2. The highest BCUT2D eigenvalue weighted by Gasteiger charge is 2.24. The Bertz CT molecular complexity index is 915. The predicted molar refractivity (Wildman–Crippen MR) is 104 cm³/mol. The summed E-state index contributed by atoms with van der Waals surface area (Å²) in [7, 11) is 1.32. The highest BCUT2D eigenvalue weighted by molar-refractivity contribution is 5.89. The zero-order valence-corrected chi connectivity index (χ0v) is 16.3. The van der Waals surface area contributed by atoms with Gasteiger partial charge in [-0.15, -0.1) is 0 Å². The van der Waals surface area contributed by atoms with Crippen LogP contribution in [0.15, 0.2) is 48.5 Å². The van der Waals surface area contributed by atoms with Crippen LogP contribution < -0.4 is 0 Å². The third kappa shape index (κ3) is 5.19. The molecule has 0 aliphatic carbocycles. The first kappa shape index (κ1) is 20.5. The van der Waals surface area contributed by atoms with E-state index < -0.39 is 11.8 Å². The standard InChI is InChI=1S/C22H23FN2O4/c1-29-22(28)18-7-4-5-16(13-18)15-25-12-11-24(10-9-20(25)26)21(27)14-17-6-2-3-8-19(17)23/h2-8,13H,9-12,14-15H2,1H3. The van der Waals surface area contributed by atoms with Gasteiger partial charge >= 0.3 is 5.97 Å². The molecule has 7 heteroatoms. The Labute approximate surface area is 168 Å². The molecule has 0 unspecified atom stereocenters. The maximum Gasteiger partial charge on any atom is 0.337 e. The van der Waals surface area contributed by atoms with E-state index in [4.69, 9.17) is 4.74 Å². The summed E-state index contributed by atoms with van der Waals surface area (Å²) in [6.07, 6.45) is 0.182. The van der Waals surface area contributed by atoms with Crippen LogP contribution in [-0.2, 0) is 27.3 Å². The summed E-state index contributed by atoms with van der Waals surface area (Å²) in [6.45, 7) is 1.42. The molecule has 3 rings (SSSR count). The average Bonchev–Trinajstić information content (AvgIpc) is 2.91. The minimum Gasteiger partial charge on any atom is -0.465 e. The van der Waals surface area contributed by atoms with Crippen LogP contribution in [0.3, 0.4) is 0 Å². The molecule has 1 fully saturated rings. The van der Waals surface area contributed by atoms with Crippen molar-refractivity contribution in [3.63, 3.8) is 0 Å². The fourth-order valence-electron chi connectivity index (χ4n) is 3.33. The van der Waals surface area contributed by atoms with Gasteiger partial charge in [-0.25, -0.2) is 9.18 Å². The summed E-state index contributed by atoms with van der Waals surface area (Å²) < 4.78 is 18.5. The number of hydrogen-bond acceptors (Lipinski definition) is 4. The van der Waals surface area contributed by atoms with E-state index in [0.717, 1.165) is 5.56 Å². The van der Waals surface area contributed by atoms with Crippen LogP contribution in [0.5, 0.6) is 0 Å². The predicted octanol–water partition coefficient (Wildman–Crippen LogP) is 2.42. The molecule has 0 radical (unpaired) electrons. The van der Waals surface area contributed by atoms with Crippen molar-refractivity contribution < 1.29 is 23.5 Å². The van der Waals surface area contributed by atoms with Crippen molar-refractivity contribution in [2.75, 3.05) is 26.7 Å². The highest BCUT2D eigenvalue weighted by atomic mass is 19.1. The summed E-state index contributed by atoms with van der Waals surface area (Å²) in [5.74, 6) is -1.09. The molecule has 2 aromatic rings. The van der Waals surface area contributed by atoms with Gasteiger partial charge in [0.05, 0.1) is 19.1 Å². The fraction of sp³-hybridized carbons (Fsp3) is 0.318. The zero-order chi connectivity index (χ0) is 20.8. The molecule has 29 heavy (non-hydrogen) atoms. The van der Waals surface area contributed by atoms with Crippen LogP contribution in [-0.4, -0.2) is 54.3 Å². The molecule has 6 nitrogen and oxygen atoms in total. The van der Waals surface area contributed by atoms with Gasteiger partial charge in [0.1, 0.15) is 5.82 Å². The maximum atomic E-state index is 13.8. The number of ether oxygens (including phenoxy) is 1. The van der Waals surface area contributed by atoms with Crippen molar-refractivity contribution in [2.24, 2.45) is 0 Å². The second-order valence-corrected chi connectivity index (χ2v) is 6.91. The Balaban J connectivity index is 1.63. The van der Waals surface area contributed by atoms with Crippen molar-refractivity contribution >= 4 is 17.8 Å². The number of rotatable bonds is 5. The van der Waals surface area contributed by atoms with E-state index in [-0.39, 0.29) is 24.7 Å². The Kier molecular flexibility index (Phi) is 6.59. The normalized spacial score (nSPS) is 14.5. The van der Waals surface area contributed by atoms with Crippen LogP contribution in [0.25, 0.3) is 0 Å². The van der Waals surface area contributed by atoms with E-state index in [2.05, 4.69) is 0 Å². The minimum atomic E-state index is -0.432. The molecule has 0 spiro atoms. The first-order valence-corrected chi connectivity index (χ1v) is 9.44. The molecule has 2 amide bonds. The van der Waals surface area contributed by atoms with Gasteiger partial charge in [0, 0.05) is 32.6 Å². The first-order chi connectivity index (χ1) is 14.0. The lowest BCUT2D eigenvalue weighted by Crippen LogP contribution is -2.36. The van der Waals surface area contributed by atoms with Gasteiger partial charge in [-0.3, -0.25) is 9.59 Å². The smallest absolute Gasteiger partial charge is 0.337 e. The summed E-state index contributed by atoms with van der Waals surface area (Å²) in [5.41, 5.74) is 1.59. The quantitative estimate of drug-likeness (QED) is 0.726. The van der Waals surface area contributed by atoms with E-state index in [1.165, 1.54) is 13.2 Å². The molecule has 0 aromatic heterocycles. The van der Waals surface area contributed by atoms with E-state index in [1.807, 2.05) is 6.07 Å². The Hall–Kier alpha value is -3.22. The number of methoxy groups -OCH3 is 1. The molecular weight excluding hydrogens is 375 g/mol. The molecule has 1 saturated heterocycles. The van der Waals surface area contributed by atoms with Crippen molar-refractivity contribution in [1.29, 1.82) is 0 Å². The number of esters is 1. The molecule has 1 heterocycles. The maximum absolute atomic E-state index is 13.8.